The summed E-state index contributed by atoms with van der Waals surface area (Å²) in [5.41, 5.74) is 4.12. The van der Waals surface area contributed by atoms with Gasteiger partial charge in [-0.15, -0.1) is 0 Å². The van der Waals surface area contributed by atoms with Crippen molar-refractivity contribution in [1.29, 1.82) is 0 Å². The summed E-state index contributed by atoms with van der Waals surface area (Å²) in [4.78, 5) is 16.7. The van der Waals surface area contributed by atoms with Crippen molar-refractivity contribution in [3.63, 3.8) is 0 Å². The number of aryl methyl sites for hydroxylation is 1. The first-order valence-electron chi connectivity index (χ1n) is 10.1. The number of imidazole rings is 1. The number of benzene rings is 2. The Hall–Kier alpha value is -3.35. The zero-order chi connectivity index (χ0) is 21.2. The van der Waals surface area contributed by atoms with E-state index in [-0.39, 0.29) is 17.6 Å². The van der Waals surface area contributed by atoms with Gasteiger partial charge in [-0.3, -0.25) is 0 Å². The lowest BCUT2D eigenvalue weighted by molar-refractivity contribution is 0.0600. The van der Waals surface area contributed by atoms with Gasteiger partial charge in [0.2, 0.25) is 0 Å². The molecular formula is C23H23FN4O2. The van der Waals surface area contributed by atoms with Crippen LogP contribution in [0.3, 0.4) is 0 Å². The number of rotatable bonds is 3. The van der Waals surface area contributed by atoms with Crippen LogP contribution in [0.25, 0.3) is 33.5 Å². The first-order valence-corrected chi connectivity index (χ1v) is 10.1. The Labute approximate surface area is 173 Å². The highest BCUT2D eigenvalue weighted by molar-refractivity contribution is 5.98. The molecule has 0 aliphatic carbocycles. The number of hydrogen-bond acceptors (Lipinski definition) is 4. The standard InChI is InChI=1S/C23H23FN4O2/c1-5-18-12(2)25-16-8-6-7-13-11-19(28(18)20(13)16)22-26-17-10-14(23(29)30-4)9-15(24)21(17)27(22)3/h6-12,18,25H,5H2,1-4H3/t12-,18-/m0/s1. The fourth-order valence-corrected chi connectivity index (χ4v) is 4.78. The number of carbonyl (C=O) groups is 1. The Balaban J connectivity index is 1.81. The van der Waals surface area contributed by atoms with Crippen LogP contribution in [0.5, 0.6) is 0 Å². The Kier molecular flexibility index (Phi) is 4.10. The van der Waals surface area contributed by atoms with Gasteiger partial charge < -0.3 is 19.2 Å². The molecule has 0 saturated carbocycles. The highest BCUT2D eigenvalue weighted by atomic mass is 19.1. The molecule has 5 rings (SSSR count). The fraction of sp³-hybridized carbons (Fsp3) is 0.304. The van der Waals surface area contributed by atoms with Gasteiger partial charge in [-0.1, -0.05) is 19.1 Å². The highest BCUT2D eigenvalue weighted by Gasteiger charge is 2.30. The predicted octanol–water partition coefficient (Wildman–Crippen LogP) is 4.89. The molecule has 0 spiro atoms. The molecule has 0 saturated heterocycles. The molecule has 0 amide bonds. The number of anilines is 1. The normalized spacial score (nSPS) is 18.0. The Bertz CT molecular complexity index is 1320. The molecule has 3 heterocycles. The molecule has 0 radical (unpaired) electrons. The first kappa shape index (κ1) is 18.7. The van der Waals surface area contributed by atoms with Crippen LogP contribution in [0.4, 0.5) is 10.1 Å². The second-order valence-corrected chi connectivity index (χ2v) is 7.86. The molecule has 1 aliphatic rings. The molecule has 30 heavy (non-hydrogen) atoms. The van der Waals surface area contributed by atoms with Gasteiger partial charge >= 0.3 is 5.97 Å². The monoisotopic (exact) mass is 406 g/mol. The molecule has 6 nitrogen and oxygen atoms in total. The van der Waals surface area contributed by atoms with Crippen LogP contribution >= 0.6 is 0 Å². The molecule has 7 heteroatoms. The van der Waals surface area contributed by atoms with Gasteiger partial charge in [0.05, 0.1) is 41.1 Å². The van der Waals surface area contributed by atoms with Crippen molar-refractivity contribution in [1.82, 2.24) is 14.1 Å². The number of nitrogens with zero attached hydrogens (tertiary/aromatic N) is 3. The molecule has 2 aromatic heterocycles. The number of methoxy groups -OCH3 is 1. The van der Waals surface area contributed by atoms with Crippen molar-refractivity contribution >= 4 is 33.6 Å². The van der Waals surface area contributed by atoms with Crippen LogP contribution < -0.4 is 5.32 Å². The maximum Gasteiger partial charge on any atom is 0.338 e. The molecule has 0 unspecified atom stereocenters. The Morgan fingerprint density at radius 1 is 1.27 bits per heavy atom. The smallest absolute Gasteiger partial charge is 0.338 e. The van der Waals surface area contributed by atoms with Crippen molar-refractivity contribution in [2.45, 2.75) is 32.4 Å². The van der Waals surface area contributed by atoms with Crippen LogP contribution in [0.15, 0.2) is 36.4 Å². The van der Waals surface area contributed by atoms with Crippen molar-refractivity contribution in [2.24, 2.45) is 7.05 Å². The molecule has 2 atom stereocenters. The van der Waals surface area contributed by atoms with Gasteiger partial charge in [0.25, 0.3) is 0 Å². The Morgan fingerprint density at radius 3 is 2.80 bits per heavy atom. The minimum atomic E-state index is -0.581. The van der Waals surface area contributed by atoms with Gasteiger partial charge in [0.1, 0.15) is 11.3 Å². The van der Waals surface area contributed by atoms with E-state index >= 15 is 0 Å². The van der Waals surface area contributed by atoms with Crippen LogP contribution in [0.1, 0.15) is 36.7 Å². The molecule has 4 aromatic rings. The second-order valence-electron chi connectivity index (χ2n) is 7.86. The number of carbonyl (C=O) groups excluding carboxylic acids is 1. The fourth-order valence-electron chi connectivity index (χ4n) is 4.78. The van der Waals surface area contributed by atoms with E-state index in [2.05, 4.69) is 41.9 Å². The zero-order valence-electron chi connectivity index (χ0n) is 17.4. The average molecular weight is 406 g/mol. The number of nitrogens with one attached hydrogen (secondary N) is 1. The quantitative estimate of drug-likeness (QED) is 0.492. The number of fused-ring (bicyclic) bond motifs is 1. The summed E-state index contributed by atoms with van der Waals surface area (Å²) in [5.74, 6) is -0.408. The minimum absolute atomic E-state index is 0.153. The maximum absolute atomic E-state index is 14.9. The Morgan fingerprint density at radius 2 is 2.07 bits per heavy atom. The van der Waals surface area contributed by atoms with Gasteiger partial charge in [0.15, 0.2) is 5.82 Å². The van der Waals surface area contributed by atoms with Gasteiger partial charge in [-0.05, 0) is 37.6 Å². The van der Waals surface area contributed by atoms with Crippen molar-refractivity contribution in [3.8, 4) is 11.5 Å². The third-order valence-electron chi connectivity index (χ3n) is 6.14. The van der Waals surface area contributed by atoms with Crippen LogP contribution in [-0.4, -0.2) is 33.2 Å². The van der Waals surface area contributed by atoms with E-state index in [1.165, 1.54) is 13.2 Å². The molecule has 1 aliphatic heterocycles. The molecule has 0 bridgehead atoms. The van der Waals surface area contributed by atoms with E-state index in [1.54, 1.807) is 10.6 Å². The van der Waals surface area contributed by atoms with E-state index < -0.39 is 11.8 Å². The maximum atomic E-state index is 14.9. The van der Waals surface area contributed by atoms with Crippen LogP contribution in [0, 0.1) is 5.82 Å². The average Bonchev–Trinajstić information content (AvgIpc) is 3.27. The van der Waals surface area contributed by atoms with Gasteiger partial charge in [0, 0.05) is 18.5 Å². The van der Waals surface area contributed by atoms with E-state index in [9.17, 15) is 9.18 Å². The lowest BCUT2D eigenvalue weighted by Crippen LogP contribution is -2.32. The molecule has 0 fully saturated rings. The molecule has 1 N–H and O–H groups in total. The summed E-state index contributed by atoms with van der Waals surface area (Å²) >= 11 is 0. The van der Waals surface area contributed by atoms with E-state index in [0.29, 0.717) is 16.9 Å². The summed E-state index contributed by atoms with van der Waals surface area (Å²) in [6.07, 6.45) is 0.948. The predicted molar refractivity (Wildman–Crippen MR) is 115 cm³/mol. The largest absolute Gasteiger partial charge is 0.465 e. The summed E-state index contributed by atoms with van der Waals surface area (Å²) in [6.45, 7) is 4.35. The molecule has 2 aromatic carbocycles. The number of halogens is 1. The van der Waals surface area contributed by atoms with E-state index in [0.717, 1.165) is 28.7 Å². The van der Waals surface area contributed by atoms with E-state index in [4.69, 9.17) is 9.72 Å². The molecule has 154 valence electrons. The summed E-state index contributed by atoms with van der Waals surface area (Å²) in [6, 6.07) is 11.6. The topological polar surface area (TPSA) is 61.1 Å². The minimum Gasteiger partial charge on any atom is -0.465 e. The lowest BCUT2D eigenvalue weighted by Gasteiger charge is -2.34. The lowest BCUT2D eigenvalue weighted by atomic mass is 10.0. The van der Waals surface area contributed by atoms with Gasteiger partial charge in [-0.2, -0.15) is 0 Å². The van der Waals surface area contributed by atoms with Crippen molar-refractivity contribution < 1.29 is 13.9 Å². The van der Waals surface area contributed by atoms with Gasteiger partial charge in [-0.25, -0.2) is 14.2 Å². The number of aromatic nitrogens is 3. The zero-order valence-corrected chi connectivity index (χ0v) is 17.4. The molecular weight excluding hydrogens is 383 g/mol. The number of esters is 1. The van der Waals surface area contributed by atoms with Crippen LogP contribution in [-0.2, 0) is 11.8 Å². The van der Waals surface area contributed by atoms with E-state index in [1.807, 2.05) is 13.1 Å². The first-order chi connectivity index (χ1) is 14.4. The number of ether oxygens (including phenoxy) is 1. The summed E-state index contributed by atoms with van der Waals surface area (Å²) in [7, 11) is 3.09. The van der Waals surface area contributed by atoms with Crippen molar-refractivity contribution in [2.75, 3.05) is 12.4 Å². The third-order valence-corrected chi connectivity index (χ3v) is 6.14. The number of hydrogen-bond donors (Lipinski definition) is 1. The van der Waals surface area contributed by atoms with Crippen LogP contribution in [0.2, 0.25) is 0 Å². The second kappa shape index (κ2) is 6.58. The number of para-hydroxylation sites is 1. The SMILES string of the molecule is CC[C@H]1[C@H](C)Nc2cccc3cc(-c4nc5cc(C(=O)OC)cc(F)c5n4C)n1c23. The third kappa shape index (κ3) is 2.47. The highest BCUT2D eigenvalue weighted by Crippen LogP contribution is 2.41. The summed E-state index contributed by atoms with van der Waals surface area (Å²) < 4.78 is 23.8. The summed E-state index contributed by atoms with van der Waals surface area (Å²) in [5, 5.41) is 4.72. The van der Waals surface area contributed by atoms with Crippen molar-refractivity contribution in [3.05, 3.63) is 47.8 Å².